The molecule has 0 saturated carbocycles. The fourth-order valence-corrected chi connectivity index (χ4v) is 3.45. The first-order chi connectivity index (χ1) is 15.6. The summed E-state index contributed by atoms with van der Waals surface area (Å²) < 4.78 is 19.4. The van der Waals surface area contributed by atoms with Crippen molar-refractivity contribution >= 4 is 36.5 Å². The van der Waals surface area contributed by atoms with Crippen LogP contribution in [0.4, 0.5) is 4.79 Å². The highest BCUT2D eigenvalue weighted by Gasteiger charge is 2.52. The van der Waals surface area contributed by atoms with Crippen LogP contribution >= 0.6 is 11.6 Å². The lowest BCUT2D eigenvalue weighted by Crippen LogP contribution is -2.41. The van der Waals surface area contributed by atoms with Crippen LogP contribution in [0, 0.1) is 0 Å². The number of ether oxygens (including phenoxy) is 1. The Bertz CT molecular complexity index is 1160. The van der Waals surface area contributed by atoms with Crippen LogP contribution in [0.3, 0.4) is 0 Å². The van der Waals surface area contributed by atoms with Crippen molar-refractivity contribution in [3.05, 3.63) is 70.5 Å². The summed E-state index contributed by atoms with van der Waals surface area (Å²) in [6.07, 6.45) is 4.72. The van der Waals surface area contributed by atoms with E-state index >= 15 is 0 Å². The Morgan fingerprint density at radius 1 is 1.18 bits per heavy atom. The molecule has 0 atom stereocenters. The van der Waals surface area contributed by atoms with Crippen LogP contribution in [0.1, 0.15) is 38.8 Å². The van der Waals surface area contributed by atoms with Crippen molar-refractivity contribution < 1.29 is 18.8 Å². The van der Waals surface area contributed by atoms with Gasteiger partial charge in [-0.1, -0.05) is 48.0 Å². The molecule has 8 nitrogen and oxygen atoms in total. The molecule has 1 amide bonds. The third kappa shape index (κ3) is 5.21. The van der Waals surface area contributed by atoms with E-state index in [0.717, 1.165) is 11.1 Å². The summed E-state index contributed by atoms with van der Waals surface area (Å²) in [5.41, 5.74) is 1.84. The van der Waals surface area contributed by atoms with Gasteiger partial charge in [0.05, 0.1) is 17.4 Å². The maximum absolute atomic E-state index is 12.4. The highest BCUT2D eigenvalue weighted by Crippen LogP contribution is 2.38. The molecule has 10 heteroatoms. The summed E-state index contributed by atoms with van der Waals surface area (Å²) in [5.74, 6) is 0. The van der Waals surface area contributed by atoms with Gasteiger partial charge >= 0.3 is 13.2 Å². The molecule has 172 valence electrons. The molecule has 3 aromatic rings. The van der Waals surface area contributed by atoms with Crippen molar-refractivity contribution in [3.63, 3.8) is 0 Å². The first kappa shape index (κ1) is 23.3. The molecular weight excluding hydrogens is 443 g/mol. The van der Waals surface area contributed by atoms with Crippen LogP contribution in [-0.4, -0.2) is 45.6 Å². The zero-order valence-electron chi connectivity index (χ0n) is 19.0. The second-order valence-corrected chi connectivity index (χ2v) is 9.23. The number of fused-ring (bicyclic) bond motifs is 1. The molecule has 0 aliphatic carbocycles. The normalized spacial score (nSPS) is 17.4. The Morgan fingerprint density at radius 3 is 2.58 bits per heavy atom. The minimum Gasteiger partial charge on any atom is -0.445 e. The Labute approximate surface area is 198 Å². The van der Waals surface area contributed by atoms with Crippen LogP contribution in [0.2, 0.25) is 5.15 Å². The maximum Gasteiger partial charge on any atom is 0.492 e. The SMILES string of the molecule is CC1(C)OB(C(=Cc2cnn3ccc(Cl)nc23)CNC(=O)OCc2ccccc2)OC1(C)C. The Kier molecular flexibility index (Phi) is 6.47. The summed E-state index contributed by atoms with van der Waals surface area (Å²) >= 11 is 6.08. The van der Waals surface area contributed by atoms with E-state index in [1.54, 1.807) is 23.0 Å². The number of nitrogens with one attached hydrogen (secondary N) is 1. The predicted molar refractivity (Wildman–Crippen MR) is 127 cm³/mol. The molecule has 2 aromatic heterocycles. The second kappa shape index (κ2) is 9.17. The molecule has 0 bridgehead atoms. The maximum atomic E-state index is 12.4. The van der Waals surface area contributed by atoms with Gasteiger partial charge in [-0.25, -0.2) is 14.3 Å². The highest BCUT2D eigenvalue weighted by atomic mass is 35.5. The fraction of sp³-hybridized carbons (Fsp3) is 0.348. The summed E-state index contributed by atoms with van der Waals surface area (Å²) in [6.45, 7) is 8.23. The number of amides is 1. The number of rotatable bonds is 6. The fourth-order valence-electron chi connectivity index (χ4n) is 3.31. The Morgan fingerprint density at radius 2 is 1.88 bits per heavy atom. The molecule has 0 radical (unpaired) electrons. The third-order valence-corrected chi connectivity index (χ3v) is 6.12. The first-order valence-electron chi connectivity index (χ1n) is 10.7. The van der Waals surface area contributed by atoms with Crippen molar-refractivity contribution in [1.29, 1.82) is 0 Å². The number of nitrogens with zero attached hydrogens (tertiary/aromatic N) is 3. The molecule has 0 unspecified atom stereocenters. The molecule has 1 saturated heterocycles. The van der Waals surface area contributed by atoms with E-state index in [-0.39, 0.29) is 13.2 Å². The summed E-state index contributed by atoms with van der Waals surface area (Å²) in [4.78, 5) is 16.7. The van der Waals surface area contributed by atoms with Crippen molar-refractivity contribution in [1.82, 2.24) is 19.9 Å². The molecule has 1 aromatic carbocycles. The molecule has 4 rings (SSSR count). The van der Waals surface area contributed by atoms with E-state index < -0.39 is 24.4 Å². The number of halogens is 1. The number of carbonyl (C=O) groups excluding carboxylic acids is 1. The van der Waals surface area contributed by atoms with Crippen molar-refractivity contribution in [2.24, 2.45) is 0 Å². The zero-order chi connectivity index (χ0) is 23.6. The summed E-state index contributed by atoms with van der Waals surface area (Å²) in [5, 5.41) is 7.46. The van der Waals surface area contributed by atoms with Gasteiger partial charge in [0.1, 0.15) is 11.8 Å². The summed E-state index contributed by atoms with van der Waals surface area (Å²) in [7, 11) is -0.668. The van der Waals surface area contributed by atoms with Crippen molar-refractivity contribution in [3.8, 4) is 0 Å². The molecule has 0 spiro atoms. The quantitative estimate of drug-likeness (QED) is 0.428. The van der Waals surface area contributed by atoms with Gasteiger partial charge in [-0.15, -0.1) is 0 Å². The van der Waals surface area contributed by atoms with Gasteiger partial charge < -0.3 is 19.4 Å². The molecular formula is C23H26BClN4O4. The van der Waals surface area contributed by atoms with Crippen LogP contribution < -0.4 is 5.32 Å². The van der Waals surface area contributed by atoms with Gasteiger partial charge in [0.15, 0.2) is 5.65 Å². The average Bonchev–Trinajstić information content (AvgIpc) is 3.26. The number of hydrogen-bond donors (Lipinski definition) is 1. The highest BCUT2D eigenvalue weighted by molar-refractivity contribution is 6.56. The minimum absolute atomic E-state index is 0.155. The van der Waals surface area contributed by atoms with E-state index in [9.17, 15) is 4.79 Å². The number of alkyl carbamates (subject to hydrolysis) is 1. The monoisotopic (exact) mass is 468 g/mol. The van der Waals surface area contributed by atoms with E-state index in [2.05, 4.69) is 15.4 Å². The van der Waals surface area contributed by atoms with Gasteiger partial charge in [-0.05, 0) is 44.8 Å². The van der Waals surface area contributed by atoms with E-state index in [0.29, 0.717) is 16.3 Å². The molecule has 1 N–H and O–H groups in total. The molecule has 1 aliphatic rings. The van der Waals surface area contributed by atoms with E-state index in [1.807, 2.05) is 64.1 Å². The van der Waals surface area contributed by atoms with Crippen LogP contribution in [0.5, 0.6) is 0 Å². The lowest BCUT2D eigenvalue weighted by atomic mass is 9.77. The van der Waals surface area contributed by atoms with Gasteiger partial charge in [-0.2, -0.15) is 5.10 Å². The van der Waals surface area contributed by atoms with Crippen LogP contribution in [-0.2, 0) is 20.7 Å². The van der Waals surface area contributed by atoms with E-state index in [4.69, 9.17) is 25.6 Å². The summed E-state index contributed by atoms with van der Waals surface area (Å²) in [6, 6.07) is 11.2. The van der Waals surface area contributed by atoms with Crippen molar-refractivity contribution in [2.45, 2.75) is 45.5 Å². The number of aromatic nitrogens is 3. The predicted octanol–water partition coefficient (Wildman–Crippen LogP) is 4.32. The second-order valence-electron chi connectivity index (χ2n) is 8.84. The standard InChI is InChI=1S/C23H26BClN4O4/c1-22(2)23(3,4)33-24(32-22)18(12-17-13-27-29-11-10-19(25)28-20(17)29)14-26-21(30)31-15-16-8-6-5-7-9-16/h5-13H,14-15H2,1-4H3,(H,26,30). The Balaban J connectivity index is 1.54. The molecule has 3 heterocycles. The number of carbonyl (C=O) groups is 1. The van der Waals surface area contributed by atoms with Gasteiger partial charge in [-0.3, -0.25) is 0 Å². The van der Waals surface area contributed by atoms with Crippen LogP contribution in [0.25, 0.3) is 11.7 Å². The number of benzene rings is 1. The minimum atomic E-state index is -0.668. The zero-order valence-corrected chi connectivity index (χ0v) is 19.8. The topological polar surface area (TPSA) is 87.0 Å². The molecule has 1 fully saturated rings. The lowest BCUT2D eigenvalue weighted by Gasteiger charge is -2.32. The Hall–Kier alpha value is -2.88. The molecule has 1 aliphatic heterocycles. The first-order valence-corrected chi connectivity index (χ1v) is 11.0. The average molecular weight is 469 g/mol. The largest absolute Gasteiger partial charge is 0.492 e. The smallest absolute Gasteiger partial charge is 0.445 e. The van der Waals surface area contributed by atoms with Gasteiger partial charge in [0, 0.05) is 18.3 Å². The van der Waals surface area contributed by atoms with Gasteiger partial charge in [0.2, 0.25) is 0 Å². The van der Waals surface area contributed by atoms with Crippen LogP contribution in [0.15, 0.2) is 54.3 Å². The number of hydrogen-bond acceptors (Lipinski definition) is 6. The van der Waals surface area contributed by atoms with Crippen molar-refractivity contribution in [2.75, 3.05) is 6.54 Å². The lowest BCUT2D eigenvalue weighted by molar-refractivity contribution is 0.00578. The third-order valence-electron chi connectivity index (χ3n) is 5.91. The van der Waals surface area contributed by atoms with Gasteiger partial charge in [0.25, 0.3) is 0 Å². The van der Waals surface area contributed by atoms with E-state index in [1.165, 1.54) is 0 Å². The molecule has 33 heavy (non-hydrogen) atoms.